The van der Waals surface area contributed by atoms with Crippen LogP contribution in [0.1, 0.15) is 78.5 Å². The molecule has 17 nitrogen and oxygen atoms in total. The molecular weight excluding hydrogens is 1710 g/mol. The molecule has 90 heavy (non-hydrogen) atoms. The topological polar surface area (TPSA) is 290 Å². The molecular formula is C63H82B5I5N2O15. The van der Waals surface area contributed by atoms with E-state index in [1.165, 1.54) is 38.8 Å². The molecule has 0 saturated carbocycles. The van der Waals surface area contributed by atoms with Crippen molar-refractivity contribution in [1.29, 1.82) is 0 Å². The van der Waals surface area contributed by atoms with Crippen LogP contribution in [0.2, 0.25) is 0 Å². The van der Waals surface area contributed by atoms with Gasteiger partial charge >= 0.3 is 41.6 Å². The average molecular weight is 1800 g/mol. The molecule has 2 fully saturated rings. The van der Waals surface area contributed by atoms with E-state index < -0.39 is 41.6 Å². The second-order valence-electron chi connectivity index (χ2n) is 19.8. The maximum Gasteiger partial charge on any atom is 0.489 e. The molecule has 7 aromatic rings. The molecule has 484 valence electrons. The van der Waals surface area contributed by atoms with Crippen molar-refractivity contribution in [1.82, 2.24) is 10.2 Å². The fourth-order valence-corrected chi connectivity index (χ4v) is 11.8. The van der Waals surface area contributed by atoms with Gasteiger partial charge in [-0.05, 0) is 266 Å². The van der Waals surface area contributed by atoms with Crippen LogP contribution in [0.25, 0.3) is 0 Å². The molecule has 0 aliphatic carbocycles. The minimum atomic E-state index is -1.45. The van der Waals surface area contributed by atoms with Crippen LogP contribution in [0.4, 0.5) is 0 Å². The van der Waals surface area contributed by atoms with E-state index >= 15 is 0 Å². The summed E-state index contributed by atoms with van der Waals surface area (Å²) < 4.78 is 14.4. The summed E-state index contributed by atoms with van der Waals surface area (Å²) in [6, 6.07) is 42.7. The van der Waals surface area contributed by atoms with Crippen LogP contribution in [-0.4, -0.2) is 148 Å². The highest BCUT2D eigenvalue weighted by molar-refractivity contribution is 14.1. The number of benzene rings is 7. The number of hydrogen-bond acceptors (Lipinski definition) is 15. The van der Waals surface area contributed by atoms with Crippen molar-refractivity contribution in [2.24, 2.45) is 0 Å². The van der Waals surface area contributed by atoms with Gasteiger partial charge in [0.1, 0.15) is 11.5 Å². The predicted octanol–water partition coefficient (Wildman–Crippen LogP) is 5.98. The number of methoxy groups -OCH3 is 2. The van der Waals surface area contributed by atoms with E-state index in [1.54, 1.807) is 62.8 Å². The molecule has 2 aliphatic heterocycles. The summed E-state index contributed by atoms with van der Waals surface area (Å²) in [5, 5.41) is 101. The van der Waals surface area contributed by atoms with Crippen LogP contribution < -0.4 is 42.1 Å². The fraction of sp³-hybridized carbons (Fsp3) is 0.302. The standard InChI is InChI=1S/C12H15NO.C9H12BIO3.C8H10BIO3.C8H8O2.2C7H8BIO2.C6H6BIO2.C4H9N.C2H6/c14-12(13-8-4-5-9-13)10-11-6-2-1-3-7-11;1-5-4-7(10(12)13)8(11)9(14-3)6(5)2;1-5-3-6(9(11)12)8(10)7(4-5)13-2;9-8(10)6-7-4-2-1-3-5-7;2*1-5-2-3-7(9)6(4-5)8(10)11;8-6-4-2-1-3-5(6)7(9)10;1-2-4-5-3-1;1-2/h1-3,6-7H,4-5,8-10H2;4,12-13H,1-3H3;3-4,11-12H,1-2H3;1-5H,6H2,(H,9,10);2*2-4,10-11H,1H3;1-4,9-10H;5H,1-4H2;1-2H3. The third-order valence-corrected chi connectivity index (χ3v) is 18.0. The molecule has 0 spiro atoms. The number of carboxylic acid groups (broad SMARTS) is 1. The summed E-state index contributed by atoms with van der Waals surface area (Å²) >= 11 is 10.3. The van der Waals surface area contributed by atoms with Crippen molar-refractivity contribution in [2.75, 3.05) is 40.4 Å². The van der Waals surface area contributed by atoms with Crippen LogP contribution in [0.3, 0.4) is 0 Å². The van der Waals surface area contributed by atoms with E-state index in [0.29, 0.717) is 45.2 Å². The van der Waals surface area contributed by atoms with Gasteiger partial charge in [-0.3, -0.25) is 9.59 Å². The predicted molar refractivity (Wildman–Crippen MR) is 409 cm³/mol. The first-order chi connectivity index (χ1) is 42.6. The number of aryl methyl sites for hydroxylation is 4. The van der Waals surface area contributed by atoms with E-state index in [1.807, 2.05) is 167 Å². The third kappa shape index (κ3) is 33.1. The van der Waals surface area contributed by atoms with Gasteiger partial charge in [-0.1, -0.05) is 140 Å². The molecule has 2 saturated heterocycles. The highest BCUT2D eigenvalue weighted by atomic mass is 127. The minimum Gasteiger partial charge on any atom is -0.496 e. The summed E-state index contributed by atoms with van der Waals surface area (Å²) in [5.74, 6) is 0.873. The summed E-state index contributed by atoms with van der Waals surface area (Å²) in [7, 11) is -3.82. The smallest absolute Gasteiger partial charge is 0.489 e. The molecule has 0 aromatic heterocycles. The van der Waals surface area contributed by atoms with E-state index in [-0.39, 0.29) is 12.3 Å². The Bertz CT molecular complexity index is 3130. The first-order valence-corrected chi connectivity index (χ1v) is 34.1. The Morgan fingerprint density at radius 2 is 0.867 bits per heavy atom. The monoisotopic (exact) mass is 1800 g/mol. The van der Waals surface area contributed by atoms with Gasteiger partial charge in [-0.25, -0.2) is 0 Å². The molecule has 2 heterocycles. The lowest BCUT2D eigenvalue weighted by Gasteiger charge is -2.14. The zero-order chi connectivity index (χ0) is 68.0. The van der Waals surface area contributed by atoms with E-state index in [0.717, 1.165) is 69.9 Å². The first-order valence-electron chi connectivity index (χ1n) is 28.7. The van der Waals surface area contributed by atoms with Crippen molar-refractivity contribution >= 4 is 188 Å². The molecule has 0 bridgehead atoms. The van der Waals surface area contributed by atoms with Gasteiger partial charge in [0.05, 0.1) is 34.2 Å². The summed E-state index contributed by atoms with van der Waals surface area (Å²) in [6.45, 7) is 18.0. The number of rotatable bonds is 11. The molecule has 9 rings (SSSR count). The normalized spacial score (nSPS) is 11.4. The van der Waals surface area contributed by atoms with Crippen molar-refractivity contribution in [3.63, 3.8) is 0 Å². The van der Waals surface area contributed by atoms with Crippen molar-refractivity contribution in [3.05, 3.63) is 196 Å². The van der Waals surface area contributed by atoms with Crippen molar-refractivity contribution in [2.45, 2.75) is 87.0 Å². The number of aliphatic carboxylic acids is 1. The molecule has 12 N–H and O–H groups in total. The van der Waals surface area contributed by atoms with Gasteiger partial charge in [0.25, 0.3) is 0 Å². The van der Waals surface area contributed by atoms with Gasteiger partial charge < -0.3 is 75.0 Å². The molecule has 0 atom stereocenters. The number of halogens is 5. The summed E-state index contributed by atoms with van der Waals surface area (Å²) in [4.78, 5) is 23.9. The molecule has 7 aromatic carbocycles. The van der Waals surface area contributed by atoms with E-state index in [9.17, 15) is 9.59 Å². The lowest BCUT2D eigenvalue weighted by molar-refractivity contribution is -0.136. The fourth-order valence-electron chi connectivity index (χ4n) is 8.06. The number of carbonyl (C=O) groups excluding carboxylic acids is 1. The largest absolute Gasteiger partial charge is 0.496 e. The number of carboxylic acids is 1. The Balaban J connectivity index is 0.000000517. The van der Waals surface area contributed by atoms with Gasteiger partial charge in [0.2, 0.25) is 5.91 Å². The Labute approximate surface area is 601 Å². The Morgan fingerprint density at radius 1 is 0.467 bits per heavy atom. The van der Waals surface area contributed by atoms with Gasteiger partial charge in [0.15, 0.2) is 0 Å². The van der Waals surface area contributed by atoms with Gasteiger partial charge in [0, 0.05) is 23.8 Å². The van der Waals surface area contributed by atoms with E-state index in [2.05, 4.69) is 95.7 Å². The summed E-state index contributed by atoms with van der Waals surface area (Å²) in [5.41, 5.74) is 9.68. The Hall–Kier alpha value is -3.39. The SMILES string of the molecule is C1CCNC1.CC.COc1c(C)c(C)cc(B(O)O)c1I.COc1cc(C)cc(B(O)O)c1I.Cc1ccc(I)c(B(O)O)c1.Cc1ccc(I)c(B(O)O)c1.O=C(Cc1ccccc1)N1CCCC1.O=C(O)Cc1ccccc1.OB(O)c1ccccc1I. The van der Waals surface area contributed by atoms with Crippen LogP contribution in [0, 0.1) is 52.5 Å². The Kier molecular flexibility index (Phi) is 44.7. The second kappa shape index (κ2) is 47.5. The number of ether oxygens (including phenoxy) is 2. The maximum absolute atomic E-state index is 11.7. The summed E-state index contributed by atoms with van der Waals surface area (Å²) in [6.07, 6.45) is 5.78. The highest BCUT2D eigenvalue weighted by Crippen LogP contribution is 2.26. The number of hydrogen-bond donors (Lipinski definition) is 12. The molecule has 0 radical (unpaired) electrons. The minimum absolute atomic E-state index is 0.112. The van der Waals surface area contributed by atoms with Crippen molar-refractivity contribution < 1.29 is 74.4 Å². The number of likely N-dealkylation sites (tertiary alicyclic amines) is 1. The second-order valence-corrected chi connectivity index (χ2v) is 25.5. The first kappa shape index (κ1) is 84.6. The number of carbonyl (C=O) groups is 2. The molecule has 27 heteroatoms. The van der Waals surface area contributed by atoms with Crippen LogP contribution in [0.5, 0.6) is 11.5 Å². The maximum atomic E-state index is 11.7. The van der Waals surface area contributed by atoms with Gasteiger partial charge in [-0.2, -0.15) is 0 Å². The number of nitrogens with zero attached hydrogens (tertiary/aromatic N) is 1. The average Bonchev–Trinajstić information content (AvgIpc) is 1.48. The molecule has 1 amide bonds. The zero-order valence-electron chi connectivity index (χ0n) is 52.1. The lowest BCUT2D eigenvalue weighted by Crippen LogP contribution is -2.33. The number of amides is 1. The van der Waals surface area contributed by atoms with Gasteiger partial charge in [-0.15, -0.1) is 0 Å². The zero-order valence-corrected chi connectivity index (χ0v) is 62.9. The Morgan fingerprint density at radius 3 is 1.23 bits per heavy atom. The van der Waals surface area contributed by atoms with E-state index in [4.69, 9.17) is 64.8 Å². The van der Waals surface area contributed by atoms with Crippen LogP contribution in [-0.2, 0) is 22.4 Å². The molecule has 0 unspecified atom stereocenters. The third-order valence-electron chi connectivity index (χ3n) is 12.8. The number of nitrogens with one attached hydrogen (secondary N) is 1. The lowest BCUT2D eigenvalue weighted by atomic mass is 9.79. The quantitative estimate of drug-likeness (QED) is 0.0524. The van der Waals surface area contributed by atoms with Crippen molar-refractivity contribution in [3.8, 4) is 11.5 Å². The molecule has 2 aliphatic rings. The van der Waals surface area contributed by atoms with Crippen LogP contribution >= 0.6 is 113 Å². The van der Waals surface area contributed by atoms with Crippen LogP contribution in [0.15, 0.2) is 140 Å². The highest BCUT2D eigenvalue weighted by Gasteiger charge is 2.22.